The molecule has 2 aromatic carbocycles. The van der Waals surface area contributed by atoms with Gasteiger partial charge in [-0.25, -0.2) is 4.39 Å². The fraction of sp³-hybridized carbons (Fsp3) is 0.391. The number of carbonyl (C=O) groups excluding carboxylic acids is 2. The van der Waals surface area contributed by atoms with Crippen LogP contribution in [0.4, 0.5) is 4.39 Å². The molecule has 2 aromatic rings. The minimum absolute atomic E-state index is 0.0413. The molecule has 0 saturated heterocycles. The first-order valence-corrected chi connectivity index (χ1v) is 10.8. The number of ether oxygens (including phenoxy) is 1. The summed E-state index contributed by atoms with van der Waals surface area (Å²) in [4.78, 5) is 24.5. The van der Waals surface area contributed by atoms with E-state index in [2.05, 4.69) is 6.92 Å². The molecular weight excluding hydrogens is 375 g/mol. The molecule has 3 rings (SSSR count). The number of Topliss-reactive ketones (excluding diaryl/α,β-unsaturated/α-hetero) is 1. The van der Waals surface area contributed by atoms with Crippen LogP contribution in [-0.2, 0) is 4.79 Å². The molecule has 0 aliphatic heterocycles. The molecule has 0 aromatic heterocycles. The van der Waals surface area contributed by atoms with Gasteiger partial charge in [-0.05, 0) is 54.3 Å². The number of thioether (sulfide) groups is 1. The van der Waals surface area contributed by atoms with Crippen LogP contribution >= 0.6 is 11.8 Å². The van der Waals surface area contributed by atoms with E-state index in [1.807, 2.05) is 31.2 Å². The van der Waals surface area contributed by atoms with Gasteiger partial charge in [-0.2, -0.15) is 11.8 Å². The normalized spacial score (nSPS) is 15.6. The van der Waals surface area contributed by atoms with E-state index in [9.17, 15) is 14.0 Å². The lowest BCUT2D eigenvalue weighted by Crippen LogP contribution is -2.12. The Morgan fingerprint density at radius 2 is 1.93 bits per heavy atom. The van der Waals surface area contributed by atoms with Crippen molar-refractivity contribution in [3.8, 4) is 5.75 Å². The van der Waals surface area contributed by atoms with Gasteiger partial charge in [0.15, 0.2) is 17.3 Å². The molecule has 0 heterocycles. The summed E-state index contributed by atoms with van der Waals surface area (Å²) in [6.45, 7) is 5.63. The summed E-state index contributed by atoms with van der Waals surface area (Å²) in [6.07, 6.45) is 1.65. The van der Waals surface area contributed by atoms with Gasteiger partial charge in [0.2, 0.25) is 0 Å². The third-order valence-corrected chi connectivity index (χ3v) is 6.44. The third kappa shape index (κ3) is 4.14. The van der Waals surface area contributed by atoms with E-state index in [0.29, 0.717) is 17.7 Å². The van der Waals surface area contributed by atoms with E-state index in [1.54, 1.807) is 24.8 Å². The van der Waals surface area contributed by atoms with Gasteiger partial charge < -0.3 is 4.74 Å². The van der Waals surface area contributed by atoms with Gasteiger partial charge in [0.05, 0.1) is 6.42 Å². The highest BCUT2D eigenvalue weighted by Crippen LogP contribution is 2.42. The largest absolute Gasteiger partial charge is 0.423 e. The Morgan fingerprint density at radius 3 is 2.68 bits per heavy atom. The van der Waals surface area contributed by atoms with Gasteiger partial charge in [-0.15, -0.1) is 0 Å². The molecule has 0 bridgehead atoms. The second kappa shape index (κ2) is 8.91. The van der Waals surface area contributed by atoms with E-state index < -0.39 is 11.8 Å². The topological polar surface area (TPSA) is 43.4 Å². The lowest BCUT2D eigenvalue weighted by molar-refractivity contribution is -0.134. The molecule has 1 aliphatic rings. The van der Waals surface area contributed by atoms with E-state index in [4.69, 9.17) is 4.74 Å². The summed E-state index contributed by atoms with van der Waals surface area (Å²) >= 11 is 1.69. The first-order chi connectivity index (χ1) is 13.4. The van der Waals surface area contributed by atoms with Crippen LogP contribution in [0.5, 0.6) is 5.75 Å². The zero-order valence-electron chi connectivity index (χ0n) is 16.5. The standard InChI is InChI=1S/C23H25FO3S/c1-4-10-28-11-9-22(26)27-21-13-18(14(2)15(3)23(21)24)19-12-20(25)17-8-6-5-7-16(17)19/h5-8,13,19H,4,9-12H2,1-3H3. The minimum atomic E-state index is -0.506. The molecule has 1 aliphatic carbocycles. The number of halogens is 1. The van der Waals surface area contributed by atoms with Gasteiger partial charge in [0.25, 0.3) is 0 Å². The summed E-state index contributed by atoms with van der Waals surface area (Å²) in [5, 5.41) is 0. The van der Waals surface area contributed by atoms with Crippen LogP contribution in [0.1, 0.15) is 64.7 Å². The van der Waals surface area contributed by atoms with Crippen molar-refractivity contribution >= 4 is 23.5 Å². The Bertz CT molecular complexity index is 907. The summed E-state index contributed by atoms with van der Waals surface area (Å²) in [5.41, 5.74) is 3.78. The second-order valence-electron chi connectivity index (χ2n) is 7.13. The van der Waals surface area contributed by atoms with E-state index in [-0.39, 0.29) is 23.9 Å². The number of ketones is 1. The SMILES string of the molecule is CCCSCCC(=O)Oc1cc(C2CC(=O)c3ccccc32)c(C)c(C)c1F. The van der Waals surface area contributed by atoms with Crippen molar-refractivity contribution in [1.29, 1.82) is 0 Å². The number of hydrogen-bond donors (Lipinski definition) is 0. The highest BCUT2D eigenvalue weighted by Gasteiger charge is 2.32. The molecule has 5 heteroatoms. The van der Waals surface area contributed by atoms with Gasteiger partial charge in [0, 0.05) is 23.7 Å². The van der Waals surface area contributed by atoms with Gasteiger partial charge in [0.1, 0.15) is 0 Å². The lowest BCUT2D eigenvalue weighted by Gasteiger charge is -2.19. The lowest BCUT2D eigenvalue weighted by atomic mass is 9.87. The van der Waals surface area contributed by atoms with Crippen molar-refractivity contribution in [2.45, 2.75) is 46.0 Å². The number of benzene rings is 2. The van der Waals surface area contributed by atoms with Crippen molar-refractivity contribution in [1.82, 2.24) is 0 Å². The van der Waals surface area contributed by atoms with Crippen molar-refractivity contribution in [2.24, 2.45) is 0 Å². The van der Waals surface area contributed by atoms with Crippen LogP contribution in [0, 0.1) is 19.7 Å². The third-order valence-electron chi connectivity index (χ3n) is 5.25. The van der Waals surface area contributed by atoms with Crippen molar-refractivity contribution < 1.29 is 18.7 Å². The number of esters is 1. The molecular formula is C23H25FO3S. The maximum Gasteiger partial charge on any atom is 0.312 e. The zero-order chi connectivity index (χ0) is 20.3. The second-order valence-corrected chi connectivity index (χ2v) is 8.36. The monoisotopic (exact) mass is 400 g/mol. The number of hydrogen-bond acceptors (Lipinski definition) is 4. The van der Waals surface area contributed by atoms with Crippen LogP contribution in [0.2, 0.25) is 0 Å². The van der Waals surface area contributed by atoms with Crippen molar-refractivity contribution in [3.63, 3.8) is 0 Å². The van der Waals surface area contributed by atoms with Crippen LogP contribution < -0.4 is 4.74 Å². The highest BCUT2D eigenvalue weighted by atomic mass is 32.2. The molecule has 3 nitrogen and oxygen atoms in total. The fourth-order valence-electron chi connectivity index (χ4n) is 3.63. The Balaban J connectivity index is 1.88. The van der Waals surface area contributed by atoms with E-state index >= 15 is 0 Å². The predicted octanol–water partition coefficient (Wildman–Crippen LogP) is 5.60. The van der Waals surface area contributed by atoms with Gasteiger partial charge in [-0.3, -0.25) is 9.59 Å². The maximum atomic E-state index is 14.8. The van der Waals surface area contributed by atoms with Gasteiger partial charge >= 0.3 is 5.97 Å². The quantitative estimate of drug-likeness (QED) is 0.345. The van der Waals surface area contributed by atoms with Crippen LogP contribution in [0.15, 0.2) is 30.3 Å². The van der Waals surface area contributed by atoms with Crippen LogP contribution in [0.3, 0.4) is 0 Å². The molecule has 1 atom stereocenters. The van der Waals surface area contributed by atoms with Crippen molar-refractivity contribution in [3.05, 3.63) is 64.0 Å². The molecule has 0 radical (unpaired) electrons. The van der Waals surface area contributed by atoms with Crippen LogP contribution in [-0.4, -0.2) is 23.3 Å². The zero-order valence-corrected chi connectivity index (χ0v) is 17.3. The molecule has 0 spiro atoms. The Morgan fingerprint density at radius 1 is 1.18 bits per heavy atom. The summed E-state index contributed by atoms with van der Waals surface area (Å²) in [6, 6.07) is 9.14. The van der Waals surface area contributed by atoms with E-state index in [1.165, 1.54) is 0 Å². The Labute approximate surface area is 169 Å². The molecule has 0 amide bonds. The summed E-state index contributed by atoms with van der Waals surface area (Å²) in [7, 11) is 0. The average Bonchev–Trinajstić information content (AvgIpc) is 3.02. The van der Waals surface area contributed by atoms with E-state index in [0.717, 1.165) is 34.4 Å². The molecule has 1 unspecified atom stereocenters. The predicted molar refractivity (Wildman–Crippen MR) is 111 cm³/mol. The minimum Gasteiger partial charge on any atom is -0.423 e. The average molecular weight is 401 g/mol. The smallest absolute Gasteiger partial charge is 0.312 e. The molecule has 0 N–H and O–H groups in total. The molecule has 0 saturated carbocycles. The van der Waals surface area contributed by atoms with Crippen LogP contribution in [0.25, 0.3) is 0 Å². The highest BCUT2D eigenvalue weighted by molar-refractivity contribution is 7.99. The number of rotatable bonds is 7. The van der Waals surface area contributed by atoms with Crippen molar-refractivity contribution in [2.75, 3.05) is 11.5 Å². The summed E-state index contributed by atoms with van der Waals surface area (Å²) in [5.74, 6) is 0.628. The molecule has 28 heavy (non-hydrogen) atoms. The fourth-order valence-corrected chi connectivity index (χ4v) is 4.43. The number of fused-ring (bicyclic) bond motifs is 1. The van der Waals surface area contributed by atoms with Gasteiger partial charge in [-0.1, -0.05) is 31.2 Å². The first-order valence-electron chi connectivity index (χ1n) is 9.64. The molecule has 148 valence electrons. The Hall–Kier alpha value is -2.14. The first kappa shape index (κ1) is 20.6. The summed E-state index contributed by atoms with van der Waals surface area (Å²) < 4.78 is 20.1. The maximum absolute atomic E-state index is 14.8. The molecule has 0 fully saturated rings. The Kier molecular flexibility index (Phi) is 6.55. The number of carbonyl (C=O) groups is 2.